The van der Waals surface area contributed by atoms with E-state index in [0.717, 1.165) is 48.4 Å². The molecular formula is C21H29N3O2. The Hall–Kier alpha value is -2.24. The van der Waals surface area contributed by atoms with Gasteiger partial charge < -0.3 is 15.5 Å². The first kappa shape index (κ1) is 20.1. The zero-order valence-corrected chi connectivity index (χ0v) is 15.3. The maximum atomic E-state index is 8.92. The van der Waals surface area contributed by atoms with E-state index in [1.54, 1.807) is 0 Å². The molecule has 0 saturated heterocycles. The fourth-order valence-corrected chi connectivity index (χ4v) is 2.62. The summed E-state index contributed by atoms with van der Waals surface area (Å²) in [4.78, 5) is 0. The SMILES string of the molecule is OCCCCCCCNc1ccc(N=Nc2ccc(CCO)cc2)cc1. The maximum absolute atomic E-state index is 8.92. The molecule has 2 aromatic rings. The van der Waals surface area contributed by atoms with Crippen molar-refractivity contribution in [1.29, 1.82) is 0 Å². The number of nitrogens with zero attached hydrogens (tertiary/aromatic N) is 2. The third-order valence-corrected chi connectivity index (χ3v) is 4.15. The molecule has 0 aliphatic heterocycles. The lowest BCUT2D eigenvalue weighted by atomic mass is 10.1. The Morgan fingerprint density at radius 1 is 0.654 bits per heavy atom. The van der Waals surface area contributed by atoms with Crippen molar-refractivity contribution in [3.63, 3.8) is 0 Å². The van der Waals surface area contributed by atoms with E-state index < -0.39 is 0 Å². The molecule has 0 aliphatic carbocycles. The normalized spacial score (nSPS) is 11.2. The van der Waals surface area contributed by atoms with Crippen molar-refractivity contribution < 1.29 is 10.2 Å². The van der Waals surface area contributed by atoms with Gasteiger partial charge in [0.1, 0.15) is 0 Å². The highest BCUT2D eigenvalue weighted by Gasteiger charge is 1.96. The van der Waals surface area contributed by atoms with E-state index in [4.69, 9.17) is 10.2 Å². The van der Waals surface area contributed by atoms with E-state index >= 15 is 0 Å². The first-order chi connectivity index (χ1) is 12.8. The molecule has 0 saturated carbocycles. The van der Waals surface area contributed by atoms with Crippen LogP contribution in [0, 0.1) is 0 Å². The van der Waals surface area contributed by atoms with Crippen LogP contribution in [-0.4, -0.2) is 30.0 Å². The molecule has 0 spiro atoms. The molecule has 5 nitrogen and oxygen atoms in total. The van der Waals surface area contributed by atoms with Crippen LogP contribution in [0.15, 0.2) is 58.8 Å². The highest BCUT2D eigenvalue weighted by molar-refractivity contribution is 5.51. The largest absolute Gasteiger partial charge is 0.396 e. The lowest BCUT2D eigenvalue weighted by Gasteiger charge is -2.06. The Morgan fingerprint density at radius 3 is 1.85 bits per heavy atom. The molecule has 2 aromatic carbocycles. The summed E-state index contributed by atoms with van der Waals surface area (Å²) in [5.41, 5.74) is 3.80. The lowest BCUT2D eigenvalue weighted by Crippen LogP contribution is -2.00. The Morgan fingerprint density at radius 2 is 1.23 bits per heavy atom. The van der Waals surface area contributed by atoms with E-state index in [2.05, 4.69) is 15.5 Å². The van der Waals surface area contributed by atoms with Crippen molar-refractivity contribution >= 4 is 17.1 Å². The average Bonchev–Trinajstić information content (AvgIpc) is 2.68. The number of aliphatic hydroxyl groups excluding tert-OH is 2. The van der Waals surface area contributed by atoms with Gasteiger partial charge in [0.2, 0.25) is 0 Å². The second-order valence-corrected chi connectivity index (χ2v) is 6.31. The summed E-state index contributed by atoms with van der Waals surface area (Å²) in [6.45, 7) is 1.42. The fraction of sp³-hybridized carbons (Fsp3) is 0.429. The van der Waals surface area contributed by atoms with Crippen molar-refractivity contribution in [1.82, 2.24) is 0 Å². The van der Waals surface area contributed by atoms with Gasteiger partial charge in [-0.3, -0.25) is 0 Å². The van der Waals surface area contributed by atoms with Crippen molar-refractivity contribution in [3.8, 4) is 0 Å². The van der Waals surface area contributed by atoms with Crippen LogP contribution in [0.5, 0.6) is 0 Å². The molecule has 0 fully saturated rings. The zero-order valence-electron chi connectivity index (χ0n) is 15.3. The van der Waals surface area contributed by atoms with E-state index in [1.165, 1.54) is 12.8 Å². The van der Waals surface area contributed by atoms with E-state index in [0.29, 0.717) is 13.0 Å². The lowest BCUT2D eigenvalue weighted by molar-refractivity contribution is 0.282. The van der Waals surface area contributed by atoms with E-state index in [-0.39, 0.29) is 6.61 Å². The first-order valence-electron chi connectivity index (χ1n) is 9.38. The molecule has 0 heterocycles. The van der Waals surface area contributed by atoms with Crippen LogP contribution < -0.4 is 5.32 Å². The van der Waals surface area contributed by atoms with Gasteiger partial charge in [-0.1, -0.05) is 31.4 Å². The van der Waals surface area contributed by atoms with Crippen LogP contribution in [0.3, 0.4) is 0 Å². The van der Waals surface area contributed by atoms with Crippen molar-refractivity contribution in [3.05, 3.63) is 54.1 Å². The van der Waals surface area contributed by atoms with Gasteiger partial charge >= 0.3 is 0 Å². The van der Waals surface area contributed by atoms with E-state index in [9.17, 15) is 0 Å². The van der Waals surface area contributed by atoms with Gasteiger partial charge in [0, 0.05) is 25.4 Å². The quantitative estimate of drug-likeness (QED) is 0.371. The second kappa shape index (κ2) is 12.2. The number of unbranched alkanes of at least 4 members (excludes halogenated alkanes) is 4. The van der Waals surface area contributed by atoms with Crippen LogP contribution in [-0.2, 0) is 6.42 Å². The van der Waals surface area contributed by atoms with Gasteiger partial charge in [-0.05, 0) is 61.2 Å². The summed E-state index contributed by atoms with van der Waals surface area (Å²) in [7, 11) is 0. The Balaban J connectivity index is 1.72. The van der Waals surface area contributed by atoms with Gasteiger partial charge in [-0.15, -0.1) is 0 Å². The van der Waals surface area contributed by atoms with Crippen molar-refractivity contribution in [2.75, 3.05) is 25.1 Å². The highest BCUT2D eigenvalue weighted by atomic mass is 16.3. The standard InChI is InChI=1S/C21H29N3O2/c25-16-5-3-1-2-4-15-22-19-10-12-21(13-11-19)24-23-20-8-6-18(7-9-20)14-17-26/h6-13,22,25-26H,1-5,14-17H2. The van der Waals surface area contributed by atoms with Gasteiger partial charge in [0.25, 0.3) is 0 Å². The molecule has 0 radical (unpaired) electrons. The molecule has 0 bridgehead atoms. The molecule has 2 rings (SSSR count). The monoisotopic (exact) mass is 355 g/mol. The van der Waals surface area contributed by atoms with Gasteiger partial charge in [-0.25, -0.2) is 0 Å². The minimum atomic E-state index is 0.158. The zero-order chi connectivity index (χ0) is 18.5. The summed E-state index contributed by atoms with van der Waals surface area (Å²) in [6.07, 6.45) is 6.20. The molecule has 26 heavy (non-hydrogen) atoms. The summed E-state index contributed by atoms with van der Waals surface area (Å²) in [6, 6.07) is 15.7. The summed E-state index contributed by atoms with van der Waals surface area (Å²) < 4.78 is 0. The fourth-order valence-electron chi connectivity index (χ4n) is 2.62. The van der Waals surface area contributed by atoms with Crippen molar-refractivity contribution in [2.45, 2.75) is 38.5 Å². The minimum absolute atomic E-state index is 0.158. The highest BCUT2D eigenvalue weighted by Crippen LogP contribution is 2.21. The second-order valence-electron chi connectivity index (χ2n) is 6.31. The number of rotatable bonds is 12. The van der Waals surface area contributed by atoms with Gasteiger partial charge in [-0.2, -0.15) is 10.2 Å². The predicted molar refractivity (Wildman–Crippen MR) is 107 cm³/mol. The number of aliphatic hydroxyl groups is 2. The summed E-state index contributed by atoms with van der Waals surface area (Å²) in [5, 5.41) is 29.6. The molecule has 0 aromatic heterocycles. The van der Waals surface area contributed by atoms with Crippen LogP contribution in [0.4, 0.5) is 17.1 Å². The number of hydrogen-bond donors (Lipinski definition) is 3. The average molecular weight is 355 g/mol. The van der Waals surface area contributed by atoms with Crippen molar-refractivity contribution in [2.24, 2.45) is 10.2 Å². The molecule has 0 atom stereocenters. The number of anilines is 1. The first-order valence-corrected chi connectivity index (χ1v) is 9.38. The number of azo groups is 1. The Bertz CT molecular complexity index is 639. The van der Waals surface area contributed by atoms with Crippen LogP contribution >= 0.6 is 0 Å². The minimum Gasteiger partial charge on any atom is -0.396 e. The third kappa shape index (κ3) is 7.76. The third-order valence-electron chi connectivity index (χ3n) is 4.15. The molecule has 0 aliphatic rings. The molecule has 3 N–H and O–H groups in total. The number of hydrogen-bond acceptors (Lipinski definition) is 5. The van der Waals surface area contributed by atoms with Crippen LogP contribution in [0.2, 0.25) is 0 Å². The molecule has 0 amide bonds. The van der Waals surface area contributed by atoms with E-state index in [1.807, 2.05) is 48.5 Å². The van der Waals surface area contributed by atoms with Crippen LogP contribution in [0.25, 0.3) is 0 Å². The van der Waals surface area contributed by atoms with Gasteiger partial charge in [0.15, 0.2) is 0 Å². The molecule has 5 heteroatoms. The molecular weight excluding hydrogens is 326 g/mol. The Kier molecular flexibility index (Phi) is 9.40. The van der Waals surface area contributed by atoms with Gasteiger partial charge in [0.05, 0.1) is 11.4 Å². The summed E-state index contributed by atoms with van der Waals surface area (Å²) in [5.74, 6) is 0. The maximum Gasteiger partial charge on any atom is 0.0858 e. The molecule has 140 valence electrons. The number of nitrogens with one attached hydrogen (secondary N) is 1. The Labute approximate surface area is 155 Å². The molecule has 0 unspecified atom stereocenters. The van der Waals surface area contributed by atoms with Crippen LogP contribution in [0.1, 0.15) is 37.7 Å². The predicted octanol–water partition coefficient (Wildman–Crippen LogP) is 4.99. The summed E-state index contributed by atoms with van der Waals surface area (Å²) >= 11 is 0. The number of benzene rings is 2. The smallest absolute Gasteiger partial charge is 0.0858 e. The topological polar surface area (TPSA) is 77.2 Å².